The van der Waals surface area contributed by atoms with E-state index in [0.29, 0.717) is 6.42 Å². The molecule has 66 valence electrons. The Balaban J connectivity index is 2.54. The van der Waals surface area contributed by atoms with Gasteiger partial charge < -0.3 is 4.40 Å². The van der Waals surface area contributed by atoms with Gasteiger partial charge in [0, 0.05) is 24.8 Å². The summed E-state index contributed by atoms with van der Waals surface area (Å²) in [6.07, 6.45) is 7.36. The van der Waals surface area contributed by atoms with Crippen LogP contribution in [0.2, 0.25) is 0 Å². The van der Waals surface area contributed by atoms with Crippen molar-refractivity contribution >= 4 is 11.4 Å². The Hall–Kier alpha value is -1.71. The molecule has 0 radical (unpaired) electrons. The van der Waals surface area contributed by atoms with Crippen LogP contribution < -0.4 is 0 Å². The molecule has 2 aromatic heterocycles. The Morgan fingerprint density at radius 3 is 2.77 bits per heavy atom. The number of carbonyl (C=O) groups is 1. The summed E-state index contributed by atoms with van der Waals surface area (Å²) in [7, 11) is 0. The van der Waals surface area contributed by atoms with Crippen molar-refractivity contribution in [1.82, 2.24) is 14.4 Å². The van der Waals surface area contributed by atoms with E-state index >= 15 is 0 Å². The van der Waals surface area contributed by atoms with Crippen molar-refractivity contribution in [3.8, 4) is 0 Å². The lowest BCUT2D eigenvalue weighted by atomic mass is 10.2. The van der Waals surface area contributed by atoms with Crippen molar-refractivity contribution in [2.45, 2.75) is 13.3 Å². The van der Waals surface area contributed by atoms with Gasteiger partial charge in [0.15, 0.2) is 5.65 Å². The molecule has 0 spiro atoms. The maximum absolute atomic E-state index is 10.9. The minimum absolute atomic E-state index is 0.101. The Kier molecular flexibility index (Phi) is 1.81. The number of aromatic nitrogens is 3. The lowest BCUT2D eigenvalue weighted by molar-refractivity contribution is -0.116. The number of imidazole rings is 1. The van der Waals surface area contributed by atoms with Gasteiger partial charge >= 0.3 is 0 Å². The molecule has 0 amide bonds. The molecule has 0 N–H and O–H groups in total. The maximum atomic E-state index is 10.9. The number of carbonyl (C=O) groups excluding carboxylic acids is 1. The average molecular weight is 175 g/mol. The summed E-state index contributed by atoms with van der Waals surface area (Å²) in [6.45, 7) is 1.55. The minimum Gasteiger partial charge on any atom is -0.304 e. The second-order valence-corrected chi connectivity index (χ2v) is 2.91. The van der Waals surface area contributed by atoms with Crippen LogP contribution in [0.1, 0.15) is 12.6 Å². The smallest absolute Gasteiger partial charge is 0.158 e. The summed E-state index contributed by atoms with van der Waals surface area (Å²) in [5.74, 6) is 0.101. The highest BCUT2D eigenvalue weighted by Crippen LogP contribution is 2.05. The zero-order valence-corrected chi connectivity index (χ0v) is 7.27. The average Bonchev–Trinajstić information content (AvgIpc) is 2.51. The van der Waals surface area contributed by atoms with Gasteiger partial charge in [0.25, 0.3) is 0 Å². The number of hydrogen-bond acceptors (Lipinski definition) is 3. The van der Waals surface area contributed by atoms with Crippen LogP contribution in [0.4, 0.5) is 0 Å². The summed E-state index contributed by atoms with van der Waals surface area (Å²) in [4.78, 5) is 19.1. The predicted molar refractivity (Wildman–Crippen MR) is 47.4 cm³/mol. The van der Waals surface area contributed by atoms with Gasteiger partial charge in [-0.1, -0.05) is 0 Å². The van der Waals surface area contributed by atoms with Gasteiger partial charge in [-0.25, -0.2) is 4.98 Å². The predicted octanol–water partition coefficient (Wildman–Crippen LogP) is 0.861. The fourth-order valence-corrected chi connectivity index (χ4v) is 1.27. The second-order valence-electron chi connectivity index (χ2n) is 2.91. The van der Waals surface area contributed by atoms with E-state index in [4.69, 9.17) is 0 Å². The molecule has 0 saturated carbocycles. The number of nitrogens with zero attached hydrogens (tertiary/aromatic N) is 3. The van der Waals surface area contributed by atoms with Crippen LogP contribution >= 0.6 is 0 Å². The van der Waals surface area contributed by atoms with Gasteiger partial charge in [0.05, 0.1) is 12.1 Å². The van der Waals surface area contributed by atoms with Crippen molar-refractivity contribution in [3.63, 3.8) is 0 Å². The second kappa shape index (κ2) is 2.97. The molecule has 13 heavy (non-hydrogen) atoms. The summed E-state index contributed by atoms with van der Waals surface area (Å²) in [5, 5.41) is 0. The first-order valence-electron chi connectivity index (χ1n) is 4.03. The molecule has 0 bridgehead atoms. The SMILES string of the molecule is CC(=O)Cc1nccn2ccnc12. The minimum atomic E-state index is 0.101. The molecule has 0 atom stereocenters. The van der Waals surface area contributed by atoms with Gasteiger partial charge in [-0.05, 0) is 6.92 Å². The third-order valence-corrected chi connectivity index (χ3v) is 1.80. The number of Topliss-reactive ketones (excluding diaryl/α,β-unsaturated/α-hetero) is 1. The van der Waals surface area contributed by atoms with Gasteiger partial charge in [-0.15, -0.1) is 0 Å². The van der Waals surface area contributed by atoms with E-state index in [1.807, 2.05) is 16.8 Å². The number of ketones is 1. The number of rotatable bonds is 2. The van der Waals surface area contributed by atoms with Gasteiger partial charge in [-0.2, -0.15) is 0 Å². The quantitative estimate of drug-likeness (QED) is 0.680. The molecular formula is C9H9N3O. The van der Waals surface area contributed by atoms with E-state index in [2.05, 4.69) is 9.97 Å². The molecule has 0 saturated heterocycles. The summed E-state index contributed by atoms with van der Waals surface area (Å²) >= 11 is 0. The van der Waals surface area contributed by atoms with Crippen molar-refractivity contribution < 1.29 is 4.79 Å². The van der Waals surface area contributed by atoms with Crippen molar-refractivity contribution in [2.75, 3.05) is 0 Å². The summed E-state index contributed by atoms with van der Waals surface area (Å²) < 4.78 is 1.85. The van der Waals surface area contributed by atoms with Crippen LogP contribution in [-0.4, -0.2) is 20.2 Å². The third kappa shape index (κ3) is 1.42. The zero-order valence-electron chi connectivity index (χ0n) is 7.27. The Labute approximate surface area is 75.2 Å². The maximum Gasteiger partial charge on any atom is 0.158 e. The van der Waals surface area contributed by atoms with E-state index in [1.165, 1.54) is 0 Å². The van der Waals surface area contributed by atoms with Gasteiger partial charge in [-0.3, -0.25) is 9.78 Å². The van der Waals surface area contributed by atoms with Crippen LogP contribution in [0.25, 0.3) is 5.65 Å². The van der Waals surface area contributed by atoms with E-state index in [-0.39, 0.29) is 5.78 Å². The van der Waals surface area contributed by atoms with Crippen LogP contribution in [0.5, 0.6) is 0 Å². The molecule has 0 unspecified atom stereocenters. The molecule has 2 aromatic rings. The van der Waals surface area contributed by atoms with Crippen molar-refractivity contribution in [3.05, 3.63) is 30.5 Å². The fraction of sp³-hybridized carbons (Fsp3) is 0.222. The third-order valence-electron chi connectivity index (χ3n) is 1.80. The highest BCUT2D eigenvalue weighted by molar-refractivity contribution is 5.79. The first-order valence-corrected chi connectivity index (χ1v) is 4.03. The molecule has 0 aliphatic carbocycles. The molecule has 4 heteroatoms. The lowest BCUT2D eigenvalue weighted by Gasteiger charge is -1.98. The molecule has 2 heterocycles. The highest BCUT2D eigenvalue weighted by Gasteiger charge is 2.05. The molecule has 4 nitrogen and oxygen atoms in total. The van der Waals surface area contributed by atoms with Crippen LogP contribution in [-0.2, 0) is 11.2 Å². The van der Waals surface area contributed by atoms with Crippen LogP contribution in [0, 0.1) is 0 Å². The monoisotopic (exact) mass is 175 g/mol. The Morgan fingerprint density at radius 1 is 1.38 bits per heavy atom. The topological polar surface area (TPSA) is 47.3 Å². The van der Waals surface area contributed by atoms with E-state index in [1.54, 1.807) is 19.3 Å². The van der Waals surface area contributed by atoms with Crippen LogP contribution in [0.3, 0.4) is 0 Å². The summed E-state index contributed by atoms with van der Waals surface area (Å²) in [5.41, 5.74) is 1.50. The number of fused-ring (bicyclic) bond motifs is 1. The van der Waals surface area contributed by atoms with Gasteiger partial charge in [0.1, 0.15) is 5.78 Å². The molecule has 0 aliphatic rings. The zero-order chi connectivity index (χ0) is 9.26. The standard InChI is InChI=1S/C9H9N3O/c1-7(13)6-8-9-11-3-5-12(9)4-2-10-8/h2-5H,6H2,1H3. The normalized spacial score (nSPS) is 10.5. The largest absolute Gasteiger partial charge is 0.304 e. The van der Waals surface area contributed by atoms with Crippen LogP contribution in [0.15, 0.2) is 24.8 Å². The molecule has 2 rings (SSSR count). The fourth-order valence-electron chi connectivity index (χ4n) is 1.27. The van der Waals surface area contributed by atoms with E-state index in [9.17, 15) is 4.79 Å². The Bertz CT molecular complexity index is 447. The van der Waals surface area contributed by atoms with E-state index < -0.39 is 0 Å². The van der Waals surface area contributed by atoms with Crippen molar-refractivity contribution in [2.24, 2.45) is 0 Å². The van der Waals surface area contributed by atoms with Crippen molar-refractivity contribution in [1.29, 1.82) is 0 Å². The molecular weight excluding hydrogens is 166 g/mol. The highest BCUT2D eigenvalue weighted by atomic mass is 16.1. The van der Waals surface area contributed by atoms with E-state index in [0.717, 1.165) is 11.3 Å². The molecule has 0 fully saturated rings. The first-order chi connectivity index (χ1) is 6.27. The van der Waals surface area contributed by atoms with Gasteiger partial charge in [0.2, 0.25) is 0 Å². The summed E-state index contributed by atoms with van der Waals surface area (Å²) in [6, 6.07) is 0. The molecule has 0 aliphatic heterocycles. The Morgan fingerprint density at radius 2 is 2.08 bits per heavy atom. The number of hydrogen-bond donors (Lipinski definition) is 0. The first kappa shape index (κ1) is 7.91. The lowest BCUT2D eigenvalue weighted by Crippen LogP contribution is -2.02. The molecule has 0 aromatic carbocycles.